The Hall–Kier alpha value is -1.24. The minimum atomic E-state index is -2.57. The van der Waals surface area contributed by atoms with Crippen LogP contribution >= 0.6 is 11.3 Å². The Labute approximate surface area is 120 Å². The highest BCUT2D eigenvalue weighted by Gasteiger charge is 2.58. The lowest BCUT2D eigenvalue weighted by Gasteiger charge is -2.16. The zero-order valence-corrected chi connectivity index (χ0v) is 12.3. The predicted octanol–water partition coefficient (Wildman–Crippen LogP) is 2.91. The van der Waals surface area contributed by atoms with Crippen molar-refractivity contribution >= 4 is 22.5 Å². The van der Waals surface area contributed by atoms with E-state index in [0.29, 0.717) is 18.2 Å². The van der Waals surface area contributed by atoms with Crippen LogP contribution in [0.4, 0.5) is 18.7 Å². The summed E-state index contributed by atoms with van der Waals surface area (Å²) in [5.74, 6) is -3.23. The number of hydrogen-bond acceptors (Lipinski definition) is 3. The van der Waals surface area contributed by atoms with Crippen molar-refractivity contribution in [3.05, 3.63) is 10.6 Å². The predicted molar refractivity (Wildman–Crippen MR) is 73.6 cm³/mol. The minimum Gasteiger partial charge on any atom is -0.322 e. The summed E-state index contributed by atoms with van der Waals surface area (Å²) in [6.07, 6.45) is 0.802. The Morgan fingerprint density at radius 2 is 2.15 bits per heavy atom. The number of amides is 2. The van der Waals surface area contributed by atoms with E-state index in [1.165, 1.54) is 21.1 Å². The number of aryl methyl sites for hydroxylation is 2. The van der Waals surface area contributed by atoms with Crippen LogP contribution in [-0.2, 0) is 6.42 Å². The van der Waals surface area contributed by atoms with E-state index in [1.807, 2.05) is 6.92 Å². The number of aromatic nitrogens is 1. The van der Waals surface area contributed by atoms with Gasteiger partial charge in [0.25, 0.3) is 5.92 Å². The number of urea groups is 1. The lowest BCUT2D eigenvalue weighted by molar-refractivity contribution is 0.0924. The number of carbonyl (C=O) groups excluding carboxylic acids is 1. The molecule has 0 bridgehead atoms. The van der Waals surface area contributed by atoms with Crippen LogP contribution in [0.25, 0.3) is 0 Å². The van der Waals surface area contributed by atoms with Crippen molar-refractivity contribution in [3.63, 3.8) is 0 Å². The number of thiazole rings is 1. The monoisotopic (exact) mass is 301 g/mol. The second kappa shape index (κ2) is 4.65. The van der Waals surface area contributed by atoms with Crippen molar-refractivity contribution in [2.24, 2.45) is 5.92 Å². The topological polar surface area (TPSA) is 36.4 Å². The van der Waals surface area contributed by atoms with E-state index in [9.17, 15) is 13.6 Å². The zero-order valence-electron chi connectivity index (χ0n) is 11.5. The van der Waals surface area contributed by atoms with Gasteiger partial charge in [-0.05, 0) is 13.3 Å². The van der Waals surface area contributed by atoms with Crippen molar-refractivity contribution < 1.29 is 13.6 Å². The maximum Gasteiger partial charge on any atom is 0.326 e. The smallest absolute Gasteiger partial charge is 0.322 e. The summed E-state index contributed by atoms with van der Waals surface area (Å²) in [5, 5.41) is 0.689. The van der Waals surface area contributed by atoms with E-state index in [1.54, 1.807) is 4.90 Å². The summed E-state index contributed by atoms with van der Waals surface area (Å²) in [6, 6.07) is -0.191. The van der Waals surface area contributed by atoms with Crippen LogP contribution in [-0.4, -0.2) is 41.5 Å². The Morgan fingerprint density at radius 3 is 2.70 bits per heavy atom. The molecule has 1 aromatic rings. The van der Waals surface area contributed by atoms with Gasteiger partial charge in [0.2, 0.25) is 0 Å². The fourth-order valence-corrected chi connectivity index (χ4v) is 3.54. The molecule has 1 unspecified atom stereocenters. The maximum atomic E-state index is 12.9. The van der Waals surface area contributed by atoms with E-state index in [2.05, 4.69) is 11.9 Å². The van der Waals surface area contributed by atoms with Crippen LogP contribution in [0.15, 0.2) is 0 Å². The van der Waals surface area contributed by atoms with Crippen LogP contribution in [0.3, 0.4) is 0 Å². The number of nitrogens with zero attached hydrogens (tertiary/aromatic N) is 3. The average Bonchev–Trinajstić information content (AvgIpc) is 2.73. The van der Waals surface area contributed by atoms with Crippen molar-refractivity contribution in [1.29, 1.82) is 0 Å². The molecule has 2 heterocycles. The molecule has 1 aliphatic carbocycles. The second-order valence-electron chi connectivity index (χ2n) is 5.40. The van der Waals surface area contributed by atoms with E-state index >= 15 is 0 Å². The van der Waals surface area contributed by atoms with Crippen molar-refractivity contribution in [2.45, 2.75) is 32.6 Å². The Morgan fingerprint density at radius 1 is 1.45 bits per heavy atom. The molecule has 1 saturated carbocycles. The van der Waals surface area contributed by atoms with Gasteiger partial charge in [-0.3, -0.25) is 4.90 Å². The van der Waals surface area contributed by atoms with Gasteiger partial charge in [-0.25, -0.2) is 18.6 Å². The molecule has 2 aliphatic rings. The van der Waals surface area contributed by atoms with Gasteiger partial charge in [0.1, 0.15) is 0 Å². The van der Waals surface area contributed by atoms with Gasteiger partial charge < -0.3 is 4.90 Å². The van der Waals surface area contributed by atoms with E-state index in [-0.39, 0.29) is 19.0 Å². The molecule has 1 aromatic heterocycles. The molecule has 2 amide bonds. The molecule has 3 rings (SSSR count). The molecular formula is C13H17F2N3OS. The van der Waals surface area contributed by atoms with Gasteiger partial charge >= 0.3 is 6.03 Å². The van der Waals surface area contributed by atoms with Crippen molar-refractivity contribution in [1.82, 2.24) is 9.88 Å². The lowest BCUT2D eigenvalue weighted by atomic mass is 10.3. The molecule has 1 aliphatic heterocycles. The number of alkyl halides is 2. The van der Waals surface area contributed by atoms with E-state index < -0.39 is 11.8 Å². The normalized spacial score (nSPS) is 24.6. The molecule has 7 heteroatoms. The maximum absolute atomic E-state index is 12.9. The number of hydrogen-bond donors (Lipinski definition) is 0. The summed E-state index contributed by atoms with van der Waals surface area (Å²) in [4.78, 5) is 21.0. The lowest BCUT2D eigenvalue weighted by Crippen LogP contribution is -2.33. The first-order chi connectivity index (χ1) is 9.42. The number of rotatable bonds is 4. The highest BCUT2D eigenvalue weighted by molar-refractivity contribution is 7.15. The van der Waals surface area contributed by atoms with Gasteiger partial charge in [0, 0.05) is 36.9 Å². The minimum absolute atomic E-state index is 0.0902. The van der Waals surface area contributed by atoms with Crippen LogP contribution in [0.2, 0.25) is 0 Å². The van der Waals surface area contributed by atoms with Gasteiger partial charge in [-0.15, -0.1) is 11.3 Å². The summed E-state index contributed by atoms with van der Waals surface area (Å²) < 4.78 is 25.9. The average molecular weight is 301 g/mol. The fourth-order valence-electron chi connectivity index (χ4n) is 2.52. The molecule has 20 heavy (non-hydrogen) atoms. The highest BCUT2D eigenvalue weighted by Crippen LogP contribution is 2.49. The summed E-state index contributed by atoms with van der Waals surface area (Å²) in [5.41, 5.74) is 0.951. The third-order valence-corrected chi connectivity index (χ3v) is 5.25. The second-order valence-corrected chi connectivity index (χ2v) is 6.46. The van der Waals surface area contributed by atoms with Crippen LogP contribution in [0.5, 0.6) is 0 Å². The van der Waals surface area contributed by atoms with Gasteiger partial charge in [0.05, 0.1) is 5.69 Å². The molecule has 4 nitrogen and oxygen atoms in total. The molecular weight excluding hydrogens is 284 g/mol. The molecule has 0 radical (unpaired) electrons. The SMILES string of the molecule is CCc1sc(N2CCN(CC3CC3(F)F)C2=O)nc1C. The number of carbonyl (C=O) groups is 1. The van der Waals surface area contributed by atoms with Crippen LogP contribution in [0, 0.1) is 12.8 Å². The van der Waals surface area contributed by atoms with Crippen LogP contribution in [0.1, 0.15) is 23.9 Å². The third kappa shape index (κ3) is 2.28. The Balaban J connectivity index is 1.69. The first-order valence-corrected chi connectivity index (χ1v) is 7.64. The largest absolute Gasteiger partial charge is 0.326 e. The third-order valence-electron chi connectivity index (χ3n) is 3.92. The summed E-state index contributed by atoms with van der Waals surface area (Å²) in [6.45, 7) is 5.19. The summed E-state index contributed by atoms with van der Waals surface area (Å²) >= 11 is 1.52. The van der Waals surface area contributed by atoms with Crippen molar-refractivity contribution in [2.75, 3.05) is 24.5 Å². The van der Waals surface area contributed by atoms with Crippen LogP contribution < -0.4 is 4.90 Å². The molecule has 2 fully saturated rings. The van der Waals surface area contributed by atoms with Gasteiger partial charge in [0.15, 0.2) is 5.13 Å². The quantitative estimate of drug-likeness (QED) is 0.857. The molecule has 110 valence electrons. The Bertz CT molecular complexity index is 546. The zero-order chi connectivity index (χ0) is 14.5. The van der Waals surface area contributed by atoms with E-state index in [4.69, 9.17) is 0 Å². The summed E-state index contributed by atoms with van der Waals surface area (Å²) in [7, 11) is 0. The number of anilines is 1. The molecule has 1 atom stereocenters. The standard InChI is InChI=1S/C13H17F2N3OS/c1-3-10-8(2)16-11(20-10)18-5-4-17(12(18)19)7-9-6-13(9,14)15/h9H,3-7H2,1-2H3. The molecule has 0 spiro atoms. The Kier molecular flexibility index (Phi) is 3.19. The molecule has 1 saturated heterocycles. The molecule has 0 aromatic carbocycles. The fraction of sp³-hybridized carbons (Fsp3) is 0.692. The number of halogens is 2. The molecule has 0 N–H and O–H groups in total. The van der Waals surface area contributed by atoms with Gasteiger partial charge in [-0.1, -0.05) is 6.92 Å². The van der Waals surface area contributed by atoms with Gasteiger partial charge in [-0.2, -0.15) is 0 Å². The van der Waals surface area contributed by atoms with E-state index in [0.717, 1.165) is 12.1 Å². The first kappa shape index (κ1) is 13.7. The highest BCUT2D eigenvalue weighted by atomic mass is 32.1. The van der Waals surface area contributed by atoms with Crippen molar-refractivity contribution in [3.8, 4) is 0 Å². The first-order valence-electron chi connectivity index (χ1n) is 6.83.